The molecule has 0 aliphatic carbocycles. The SMILES string of the molecule is Cc1ccc(COOc2ccc(OC(=O)c3ccc(C)cc3C(=O)O)cc2)c(C(=O)O)c1. The summed E-state index contributed by atoms with van der Waals surface area (Å²) >= 11 is 0. The molecule has 3 aromatic rings. The molecule has 0 aliphatic rings. The van der Waals surface area contributed by atoms with Gasteiger partial charge in [-0.05, 0) is 61.9 Å². The van der Waals surface area contributed by atoms with Crippen LogP contribution in [0.4, 0.5) is 0 Å². The molecule has 2 N–H and O–H groups in total. The Bertz CT molecular complexity index is 1170. The number of carboxylic acid groups (broad SMARTS) is 2. The van der Waals surface area contributed by atoms with Gasteiger partial charge in [0, 0.05) is 0 Å². The van der Waals surface area contributed by atoms with Gasteiger partial charge in [0.25, 0.3) is 0 Å². The number of aromatic carboxylic acids is 2. The molecule has 3 rings (SSSR count). The lowest BCUT2D eigenvalue weighted by atomic mass is 10.0. The number of hydrogen-bond acceptors (Lipinski definition) is 6. The average molecular weight is 436 g/mol. The van der Waals surface area contributed by atoms with E-state index in [9.17, 15) is 24.6 Å². The average Bonchev–Trinajstić information content (AvgIpc) is 2.75. The smallest absolute Gasteiger partial charge is 0.344 e. The molecule has 0 heterocycles. The lowest BCUT2D eigenvalue weighted by Crippen LogP contribution is -2.14. The van der Waals surface area contributed by atoms with Crippen LogP contribution in [0.2, 0.25) is 0 Å². The quantitative estimate of drug-likeness (QED) is 0.230. The van der Waals surface area contributed by atoms with Crippen LogP contribution in [-0.4, -0.2) is 28.1 Å². The molecule has 0 saturated heterocycles. The van der Waals surface area contributed by atoms with E-state index in [0.29, 0.717) is 16.9 Å². The highest BCUT2D eigenvalue weighted by Crippen LogP contribution is 2.21. The molecular formula is C24H20O8. The number of hydrogen-bond donors (Lipinski definition) is 2. The van der Waals surface area contributed by atoms with Crippen molar-refractivity contribution in [1.29, 1.82) is 0 Å². The molecule has 0 radical (unpaired) electrons. The van der Waals surface area contributed by atoms with E-state index >= 15 is 0 Å². The highest BCUT2D eigenvalue weighted by molar-refractivity contribution is 6.03. The summed E-state index contributed by atoms with van der Waals surface area (Å²) in [7, 11) is 0. The minimum Gasteiger partial charge on any atom is -0.478 e. The fraction of sp³-hybridized carbons (Fsp3) is 0.125. The molecule has 0 atom stereocenters. The van der Waals surface area contributed by atoms with Gasteiger partial charge in [-0.1, -0.05) is 29.3 Å². The van der Waals surface area contributed by atoms with Gasteiger partial charge < -0.3 is 19.8 Å². The van der Waals surface area contributed by atoms with E-state index in [1.54, 1.807) is 38.1 Å². The van der Waals surface area contributed by atoms with E-state index in [4.69, 9.17) is 14.5 Å². The van der Waals surface area contributed by atoms with Gasteiger partial charge in [-0.2, -0.15) is 4.89 Å². The van der Waals surface area contributed by atoms with Crippen LogP contribution in [0.5, 0.6) is 11.5 Å². The molecule has 8 heteroatoms. The van der Waals surface area contributed by atoms with Gasteiger partial charge in [0.15, 0.2) is 5.75 Å². The Kier molecular flexibility index (Phi) is 6.87. The normalized spacial score (nSPS) is 10.4. The van der Waals surface area contributed by atoms with Gasteiger partial charge >= 0.3 is 17.9 Å². The molecule has 0 aromatic heterocycles. The van der Waals surface area contributed by atoms with Crippen molar-refractivity contribution in [1.82, 2.24) is 0 Å². The number of carboxylic acids is 2. The Labute approximate surface area is 183 Å². The monoisotopic (exact) mass is 436 g/mol. The molecule has 0 unspecified atom stereocenters. The molecule has 0 bridgehead atoms. The first-order valence-corrected chi connectivity index (χ1v) is 9.53. The fourth-order valence-corrected chi connectivity index (χ4v) is 2.91. The number of esters is 1. The van der Waals surface area contributed by atoms with E-state index < -0.39 is 17.9 Å². The van der Waals surface area contributed by atoms with Gasteiger partial charge in [-0.25, -0.2) is 14.4 Å². The highest BCUT2D eigenvalue weighted by Gasteiger charge is 2.18. The molecule has 0 aliphatic heterocycles. The largest absolute Gasteiger partial charge is 0.478 e. The van der Waals surface area contributed by atoms with Crippen molar-refractivity contribution in [2.75, 3.05) is 0 Å². The second-order valence-electron chi connectivity index (χ2n) is 7.03. The molecule has 0 fully saturated rings. The number of benzene rings is 3. The van der Waals surface area contributed by atoms with Crippen LogP contribution in [0.15, 0.2) is 60.7 Å². The second kappa shape index (κ2) is 9.76. The Morgan fingerprint density at radius 3 is 1.91 bits per heavy atom. The van der Waals surface area contributed by atoms with Crippen LogP contribution in [0.25, 0.3) is 0 Å². The highest BCUT2D eigenvalue weighted by atomic mass is 17.2. The minimum absolute atomic E-state index is 0.0564. The molecule has 3 aromatic carbocycles. The first kappa shape index (κ1) is 22.5. The van der Waals surface area contributed by atoms with Gasteiger partial charge in [-0.15, -0.1) is 0 Å². The maximum Gasteiger partial charge on any atom is 0.344 e. The molecule has 0 saturated carbocycles. The predicted octanol–water partition coefficient (Wildman–Crippen LogP) is 4.43. The predicted molar refractivity (Wildman–Crippen MR) is 113 cm³/mol. The summed E-state index contributed by atoms with van der Waals surface area (Å²) in [5.74, 6) is -2.59. The molecule has 8 nitrogen and oxygen atoms in total. The summed E-state index contributed by atoms with van der Waals surface area (Å²) in [6.07, 6.45) is 0. The van der Waals surface area contributed by atoms with Crippen molar-refractivity contribution in [3.63, 3.8) is 0 Å². The lowest BCUT2D eigenvalue weighted by molar-refractivity contribution is -0.217. The third-order valence-corrected chi connectivity index (χ3v) is 4.53. The Morgan fingerprint density at radius 1 is 0.719 bits per heavy atom. The van der Waals surface area contributed by atoms with Crippen LogP contribution >= 0.6 is 0 Å². The van der Waals surface area contributed by atoms with E-state index in [1.165, 1.54) is 36.4 Å². The number of rotatable bonds is 8. The zero-order valence-electron chi connectivity index (χ0n) is 17.3. The standard InChI is InChI=1S/C24H20O8/c1-14-3-5-16(20(11-14)22(25)26)13-30-32-18-8-6-17(7-9-18)31-24(29)19-10-4-15(2)12-21(19)23(27)28/h3-12H,13H2,1-2H3,(H,25,26)(H,27,28). The topological polar surface area (TPSA) is 119 Å². The minimum atomic E-state index is -1.22. The molecule has 164 valence electrons. The van der Waals surface area contributed by atoms with Gasteiger partial charge in [0.1, 0.15) is 12.4 Å². The zero-order chi connectivity index (χ0) is 23.3. The van der Waals surface area contributed by atoms with Gasteiger partial charge in [0.05, 0.1) is 16.7 Å². The van der Waals surface area contributed by atoms with Crippen molar-refractivity contribution in [3.05, 3.63) is 94.0 Å². The first-order chi connectivity index (χ1) is 15.2. The Balaban J connectivity index is 1.61. The van der Waals surface area contributed by atoms with Crippen LogP contribution in [0.1, 0.15) is 47.8 Å². The Hall–Kier alpha value is -4.17. The molecule has 0 amide bonds. The van der Waals surface area contributed by atoms with Crippen molar-refractivity contribution < 1.29 is 39.1 Å². The zero-order valence-corrected chi connectivity index (χ0v) is 17.3. The van der Waals surface area contributed by atoms with Crippen LogP contribution in [0.3, 0.4) is 0 Å². The number of carbonyl (C=O) groups excluding carboxylic acids is 1. The first-order valence-electron chi connectivity index (χ1n) is 9.53. The summed E-state index contributed by atoms with van der Waals surface area (Å²) in [5.41, 5.74) is 1.92. The second-order valence-corrected chi connectivity index (χ2v) is 7.03. The van der Waals surface area contributed by atoms with Crippen LogP contribution < -0.4 is 9.62 Å². The van der Waals surface area contributed by atoms with Crippen LogP contribution in [-0.2, 0) is 11.5 Å². The van der Waals surface area contributed by atoms with Gasteiger partial charge in [0.2, 0.25) is 0 Å². The summed E-state index contributed by atoms with van der Waals surface area (Å²) in [4.78, 5) is 45.4. The lowest BCUT2D eigenvalue weighted by Gasteiger charge is -2.10. The van der Waals surface area contributed by atoms with Crippen molar-refractivity contribution in [2.24, 2.45) is 0 Å². The maximum atomic E-state index is 12.4. The maximum absolute atomic E-state index is 12.4. The van der Waals surface area contributed by atoms with E-state index in [2.05, 4.69) is 0 Å². The third kappa shape index (κ3) is 5.50. The Morgan fingerprint density at radius 2 is 1.28 bits per heavy atom. The van der Waals surface area contributed by atoms with Gasteiger partial charge in [-0.3, -0.25) is 0 Å². The van der Waals surface area contributed by atoms with E-state index in [0.717, 1.165) is 5.56 Å². The number of aryl methyl sites for hydroxylation is 2. The van der Waals surface area contributed by atoms with E-state index in [-0.39, 0.29) is 29.0 Å². The molecule has 32 heavy (non-hydrogen) atoms. The van der Waals surface area contributed by atoms with Crippen molar-refractivity contribution in [3.8, 4) is 11.5 Å². The summed E-state index contributed by atoms with van der Waals surface area (Å²) in [6.45, 7) is 3.44. The third-order valence-electron chi connectivity index (χ3n) is 4.53. The fourth-order valence-electron chi connectivity index (χ4n) is 2.91. The van der Waals surface area contributed by atoms with Crippen molar-refractivity contribution in [2.45, 2.75) is 20.5 Å². The summed E-state index contributed by atoms with van der Waals surface area (Å²) in [6, 6.07) is 15.3. The summed E-state index contributed by atoms with van der Waals surface area (Å²) in [5, 5.41) is 18.6. The van der Waals surface area contributed by atoms with E-state index in [1.807, 2.05) is 0 Å². The molecule has 0 spiro atoms. The molecular weight excluding hydrogens is 416 g/mol. The van der Waals surface area contributed by atoms with Crippen LogP contribution in [0, 0.1) is 13.8 Å². The summed E-state index contributed by atoms with van der Waals surface area (Å²) < 4.78 is 5.25. The number of ether oxygens (including phenoxy) is 1. The van der Waals surface area contributed by atoms with Crippen molar-refractivity contribution >= 4 is 17.9 Å². The number of carbonyl (C=O) groups is 3.